The number of thiocarbonyl (C=S) groups is 1. The number of aromatic nitrogens is 1. The summed E-state index contributed by atoms with van der Waals surface area (Å²) in [5.74, 6) is 0.666. The molecule has 2 aliphatic heterocycles. The second-order valence-electron chi connectivity index (χ2n) is 9.49. The van der Waals surface area contributed by atoms with Gasteiger partial charge in [-0.1, -0.05) is 29.4 Å². The van der Waals surface area contributed by atoms with Gasteiger partial charge in [0.15, 0.2) is 5.11 Å². The Balaban J connectivity index is 1.15. The van der Waals surface area contributed by atoms with Gasteiger partial charge in [-0.15, -0.1) is 0 Å². The lowest BCUT2D eigenvalue weighted by atomic mass is 9.77. The zero-order valence-corrected chi connectivity index (χ0v) is 19.1. The van der Waals surface area contributed by atoms with E-state index in [2.05, 4.69) is 39.6 Å². The highest BCUT2D eigenvalue weighted by Crippen LogP contribution is 2.41. The first-order chi connectivity index (χ1) is 14.9. The summed E-state index contributed by atoms with van der Waals surface area (Å²) in [6, 6.07) is 9.08. The summed E-state index contributed by atoms with van der Waals surface area (Å²) in [4.78, 5) is 17.3. The fourth-order valence-electron chi connectivity index (χ4n) is 5.57. The van der Waals surface area contributed by atoms with Crippen LogP contribution in [-0.4, -0.2) is 58.2 Å². The first kappa shape index (κ1) is 20.5. The minimum absolute atomic E-state index is 0.0546. The quantitative estimate of drug-likeness (QED) is 0.727. The number of aryl methyl sites for hydroxylation is 2. The van der Waals surface area contributed by atoms with Gasteiger partial charge in [0.1, 0.15) is 11.3 Å². The lowest BCUT2D eigenvalue weighted by Crippen LogP contribution is -2.47. The number of piperidine rings is 1. The van der Waals surface area contributed by atoms with Crippen molar-refractivity contribution in [2.24, 2.45) is 5.41 Å². The van der Waals surface area contributed by atoms with Crippen molar-refractivity contribution in [3.8, 4) is 0 Å². The molecule has 1 aromatic heterocycles. The molecule has 2 aromatic rings. The number of carbonyl (C=O) groups excluding carboxylic acids is 1. The van der Waals surface area contributed by atoms with E-state index in [9.17, 15) is 4.79 Å². The Morgan fingerprint density at radius 1 is 1.10 bits per heavy atom. The molecule has 3 aliphatic rings. The number of fused-ring (bicyclic) bond motifs is 1. The minimum Gasteiger partial charge on any atom is -0.361 e. The highest BCUT2D eigenvalue weighted by Gasteiger charge is 2.42. The molecule has 0 radical (unpaired) electrons. The monoisotopic (exact) mass is 438 g/mol. The van der Waals surface area contributed by atoms with Gasteiger partial charge in [0.2, 0.25) is 0 Å². The third-order valence-corrected chi connectivity index (χ3v) is 7.84. The van der Waals surface area contributed by atoms with Gasteiger partial charge in [0.25, 0.3) is 5.91 Å². The maximum absolute atomic E-state index is 12.9. The maximum Gasteiger partial charge on any atom is 0.259 e. The van der Waals surface area contributed by atoms with Crippen LogP contribution in [0.25, 0.3) is 0 Å². The Hall–Kier alpha value is -2.41. The van der Waals surface area contributed by atoms with Crippen molar-refractivity contribution in [2.75, 3.05) is 26.2 Å². The molecule has 0 saturated carbocycles. The molecule has 7 heteroatoms. The fourth-order valence-corrected chi connectivity index (χ4v) is 5.90. The first-order valence-corrected chi connectivity index (χ1v) is 11.7. The van der Waals surface area contributed by atoms with Gasteiger partial charge in [-0.05, 0) is 74.7 Å². The summed E-state index contributed by atoms with van der Waals surface area (Å²) in [7, 11) is 0. The SMILES string of the molecule is Cc1noc(C)c1C(=O)N1CCC2(CC1)CCN(C(=S)NC1Cc3ccccc3C1)C2. The molecule has 2 fully saturated rings. The molecule has 1 aliphatic carbocycles. The van der Waals surface area contributed by atoms with Gasteiger partial charge >= 0.3 is 0 Å². The number of rotatable bonds is 2. The molecular formula is C24H30N4O2S. The lowest BCUT2D eigenvalue weighted by molar-refractivity contribution is 0.0596. The van der Waals surface area contributed by atoms with E-state index in [1.54, 1.807) is 0 Å². The molecule has 164 valence electrons. The van der Waals surface area contributed by atoms with Crippen LogP contribution in [0.3, 0.4) is 0 Å². The molecule has 1 amide bonds. The molecule has 0 unspecified atom stereocenters. The van der Waals surface area contributed by atoms with Crippen molar-refractivity contribution in [1.29, 1.82) is 0 Å². The van der Waals surface area contributed by atoms with Gasteiger partial charge < -0.3 is 19.6 Å². The van der Waals surface area contributed by atoms with Crippen molar-refractivity contribution < 1.29 is 9.32 Å². The van der Waals surface area contributed by atoms with Crippen LogP contribution in [0.4, 0.5) is 0 Å². The molecule has 0 bridgehead atoms. The summed E-state index contributed by atoms with van der Waals surface area (Å²) < 4.78 is 5.19. The number of likely N-dealkylation sites (tertiary alicyclic amines) is 2. The van der Waals surface area contributed by atoms with Crippen molar-refractivity contribution in [1.82, 2.24) is 20.3 Å². The molecule has 1 N–H and O–H groups in total. The van der Waals surface area contributed by atoms with E-state index in [-0.39, 0.29) is 11.3 Å². The Bertz CT molecular complexity index is 964. The number of amides is 1. The van der Waals surface area contributed by atoms with Gasteiger partial charge in [-0.3, -0.25) is 4.79 Å². The molecule has 31 heavy (non-hydrogen) atoms. The molecule has 1 spiro atoms. The van der Waals surface area contributed by atoms with Crippen molar-refractivity contribution in [2.45, 2.75) is 52.0 Å². The second kappa shape index (κ2) is 7.93. The zero-order valence-electron chi connectivity index (χ0n) is 18.3. The van der Waals surface area contributed by atoms with Crippen LogP contribution in [0.1, 0.15) is 52.2 Å². The number of nitrogens with one attached hydrogen (secondary N) is 1. The summed E-state index contributed by atoms with van der Waals surface area (Å²) in [6.45, 7) is 7.21. The smallest absolute Gasteiger partial charge is 0.259 e. The standard InChI is InChI=1S/C24H30N4O2S/c1-16-21(17(2)30-26-16)22(29)27-10-7-24(8-11-27)9-12-28(15-24)23(31)25-20-13-18-5-3-4-6-19(18)14-20/h3-6,20H,7-15H2,1-2H3,(H,25,31). The molecule has 5 rings (SSSR count). The van der Waals surface area contributed by atoms with Crippen LogP contribution in [0.15, 0.2) is 28.8 Å². The lowest BCUT2D eigenvalue weighted by Gasteiger charge is -2.39. The number of hydrogen-bond acceptors (Lipinski definition) is 4. The fraction of sp³-hybridized carbons (Fsp3) is 0.542. The van der Waals surface area contributed by atoms with Crippen LogP contribution in [0.5, 0.6) is 0 Å². The number of nitrogens with zero attached hydrogens (tertiary/aromatic N) is 3. The molecule has 1 aromatic carbocycles. The Morgan fingerprint density at radius 3 is 2.29 bits per heavy atom. The zero-order chi connectivity index (χ0) is 21.6. The number of carbonyl (C=O) groups is 1. The average Bonchev–Trinajstić information content (AvgIpc) is 3.45. The number of hydrogen-bond donors (Lipinski definition) is 1. The van der Waals surface area contributed by atoms with E-state index in [1.807, 2.05) is 18.7 Å². The summed E-state index contributed by atoms with van der Waals surface area (Å²) in [5.41, 5.74) is 4.46. The van der Waals surface area contributed by atoms with E-state index in [1.165, 1.54) is 11.1 Å². The Labute approximate surface area is 189 Å². The highest BCUT2D eigenvalue weighted by atomic mass is 32.1. The van der Waals surface area contributed by atoms with Gasteiger partial charge in [0.05, 0.1) is 5.69 Å². The van der Waals surface area contributed by atoms with Crippen LogP contribution in [-0.2, 0) is 12.8 Å². The van der Waals surface area contributed by atoms with Crippen molar-refractivity contribution in [3.63, 3.8) is 0 Å². The van der Waals surface area contributed by atoms with Crippen LogP contribution in [0.2, 0.25) is 0 Å². The van der Waals surface area contributed by atoms with E-state index in [0.717, 1.165) is 63.4 Å². The molecular weight excluding hydrogens is 408 g/mol. The maximum atomic E-state index is 12.9. The average molecular weight is 439 g/mol. The third kappa shape index (κ3) is 3.84. The number of benzene rings is 1. The minimum atomic E-state index is 0.0546. The summed E-state index contributed by atoms with van der Waals surface area (Å²) in [5, 5.41) is 8.45. The molecule has 2 saturated heterocycles. The van der Waals surface area contributed by atoms with Gasteiger partial charge in [-0.2, -0.15) is 0 Å². The largest absolute Gasteiger partial charge is 0.361 e. The third-order valence-electron chi connectivity index (χ3n) is 7.46. The normalized spacial score (nSPS) is 20.3. The highest BCUT2D eigenvalue weighted by molar-refractivity contribution is 7.80. The van der Waals surface area contributed by atoms with E-state index in [0.29, 0.717) is 23.1 Å². The summed E-state index contributed by atoms with van der Waals surface area (Å²) >= 11 is 5.79. The molecule has 3 heterocycles. The Morgan fingerprint density at radius 2 is 1.71 bits per heavy atom. The van der Waals surface area contributed by atoms with Crippen molar-refractivity contribution in [3.05, 3.63) is 52.4 Å². The predicted molar refractivity (Wildman–Crippen MR) is 123 cm³/mol. The van der Waals surface area contributed by atoms with Crippen LogP contribution >= 0.6 is 12.2 Å². The van der Waals surface area contributed by atoms with Gasteiger partial charge in [-0.25, -0.2) is 0 Å². The van der Waals surface area contributed by atoms with E-state index < -0.39 is 0 Å². The van der Waals surface area contributed by atoms with Crippen LogP contribution in [0, 0.1) is 19.3 Å². The first-order valence-electron chi connectivity index (χ1n) is 11.3. The van der Waals surface area contributed by atoms with E-state index in [4.69, 9.17) is 16.7 Å². The van der Waals surface area contributed by atoms with Crippen molar-refractivity contribution >= 4 is 23.2 Å². The van der Waals surface area contributed by atoms with E-state index >= 15 is 0 Å². The second-order valence-corrected chi connectivity index (χ2v) is 9.87. The summed E-state index contributed by atoms with van der Waals surface area (Å²) in [6.07, 6.45) is 5.29. The molecule has 6 nitrogen and oxygen atoms in total. The molecule has 0 atom stereocenters. The van der Waals surface area contributed by atoms with Gasteiger partial charge in [0, 0.05) is 32.2 Å². The topological polar surface area (TPSA) is 61.6 Å². The predicted octanol–water partition coefficient (Wildman–Crippen LogP) is 3.26. The van der Waals surface area contributed by atoms with Crippen LogP contribution < -0.4 is 5.32 Å². The Kier molecular flexibility index (Phi) is 5.24.